The van der Waals surface area contributed by atoms with Crippen LogP contribution >= 0.6 is 11.3 Å². The lowest BCUT2D eigenvalue weighted by Gasteiger charge is -2.09. The summed E-state index contributed by atoms with van der Waals surface area (Å²) in [5, 5.41) is 4.68. The molecule has 0 fully saturated rings. The molecule has 1 amide bonds. The van der Waals surface area contributed by atoms with E-state index in [4.69, 9.17) is 14.2 Å². The van der Waals surface area contributed by atoms with Crippen LogP contribution in [0.4, 0.5) is 5.69 Å². The molecule has 148 valence electrons. The second-order valence-electron chi connectivity index (χ2n) is 6.18. The number of fused-ring (bicyclic) bond motifs is 1. The summed E-state index contributed by atoms with van der Waals surface area (Å²) >= 11 is 1.41. The number of methoxy groups -OCH3 is 3. The fourth-order valence-corrected chi connectivity index (χ4v) is 3.78. The lowest BCUT2D eigenvalue weighted by atomic mass is 10.2. The SMILES string of the molecule is COc1ccc(-c2cn3c(C(=O)Nc4cc(OC)cc(OC)c4)csc3n2)cc1. The van der Waals surface area contributed by atoms with E-state index in [1.54, 1.807) is 49.3 Å². The highest BCUT2D eigenvalue weighted by molar-refractivity contribution is 7.15. The number of hydrogen-bond acceptors (Lipinski definition) is 6. The molecule has 4 aromatic rings. The minimum atomic E-state index is -0.245. The van der Waals surface area contributed by atoms with E-state index in [1.165, 1.54) is 11.3 Å². The van der Waals surface area contributed by atoms with E-state index in [9.17, 15) is 4.79 Å². The van der Waals surface area contributed by atoms with Crippen LogP contribution in [0.15, 0.2) is 54.0 Å². The fourth-order valence-electron chi connectivity index (χ4n) is 2.92. The van der Waals surface area contributed by atoms with Gasteiger partial charge in [-0.2, -0.15) is 0 Å². The monoisotopic (exact) mass is 409 g/mol. The zero-order valence-electron chi connectivity index (χ0n) is 16.1. The third-order valence-electron chi connectivity index (χ3n) is 4.44. The Morgan fingerprint density at radius 1 is 0.966 bits per heavy atom. The normalized spacial score (nSPS) is 10.7. The predicted molar refractivity (Wildman–Crippen MR) is 113 cm³/mol. The average Bonchev–Trinajstić information content (AvgIpc) is 3.34. The van der Waals surface area contributed by atoms with Gasteiger partial charge in [0, 0.05) is 41.0 Å². The first-order chi connectivity index (χ1) is 14.1. The molecule has 4 rings (SSSR count). The maximum absolute atomic E-state index is 12.9. The molecule has 0 aliphatic heterocycles. The summed E-state index contributed by atoms with van der Waals surface area (Å²) in [7, 11) is 4.76. The summed E-state index contributed by atoms with van der Waals surface area (Å²) in [5.74, 6) is 1.73. The van der Waals surface area contributed by atoms with Crippen LogP contribution in [0.3, 0.4) is 0 Å². The Balaban J connectivity index is 1.62. The van der Waals surface area contributed by atoms with Crippen molar-refractivity contribution >= 4 is 27.9 Å². The number of ether oxygens (including phenoxy) is 3. The Morgan fingerprint density at radius 2 is 1.62 bits per heavy atom. The highest BCUT2D eigenvalue weighted by atomic mass is 32.1. The van der Waals surface area contributed by atoms with Gasteiger partial charge in [-0.15, -0.1) is 11.3 Å². The summed E-state index contributed by atoms with van der Waals surface area (Å²) in [5.41, 5.74) is 2.82. The Labute approximate surface area is 171 Å². The Hall–Kier alpha value is -3.52. The first kappa shape index (κ1) is 18.8. The van der Waals surface area contributed by atoms with Gasteiger partial charge in [0.15, 0.2) is 4.96 Å². The van der Waals surface area contributed by atoms with Crippen molar-refractivity contribution in [1.82, 2.24) is 9.38 Å². The number of hydrogen-bond donors (Lipinski definition) is 1. The molecule has 0 aliphatic carbocycles. The van der Waals surface area contributed by atoms with E-state index in [2.05, 4.69) is 10.3 Å². The fraction of sp³-hybridized carbons (Fsp3) is 0.143. The van der Waals surface area contributed by atoms with Gasteiger partial charge in [0.1, 0.15) is 22.9 Å². The standard InChI is InChI=1S/C21H19N3O4S/c1-26-15-6-4-13(5-7-15)18-11-24-19(12-29-21(24)23-18)20(25)22-14-8-16(27-2)10-17(9-14)28-3/h4-12H,1-3H3,(H,22,25). The maximum atomic E-state index is 12.9. The van der Waals surface area contributed by atoms with Crippen molar-refractivity contribution in [2.24, 2.45) is 0 Å². The topological polar surface area (TPSA) is 74.1 Å². The highest BCUT2D eigenvalue weighted by Gasteiger charge is 2.16. The first-order valence-corrected chi connectivity index (χ1v) is 9.64. The van der Waals surface area contributed by atoms with Crippen molar-refractivity contribution < 1.29 is 19.0 Å². The first-order valence-electron chi connectivity index (χ1n) is 8.76. The van der Waals surface area contributed by atoms with Gasteiger partial charge >= 0.3 is 0 Å². The van der Waals surface area contributed by atoms with E-state index in [1.807, 2.05) is 30.5 Å². The number of nitrogens with one attached hydrogen (secondary N) is 1. The summed E-state index contributed by atoms with van der Waals surface area (Å²) in [6.45, 7) is 0. The van der Waals surface area contributed by atoms with E-state index in [0.29, 0.717) is 22.9 Å². The van der Waals surface area contributed by atoms with Crippen LogP contribution in [-0.2, 0) is 0 Å². The molecule has 0 bridgehead atoms. The molecule has 0 atom stereocenters. The summed E-state index contributed by atoms with van der Waals surface area (Å²) in [6, 6.07) is 12.9. The highest BCUT2D eigenvalue weighted by Crippen LogP contribution is 2.28. The number of anilines is 1. The Kier molecular flexibility index (Phi) is 5.09. The van der Waals surface area contributed by atoms with Gasteiger partial charge in [0.25, 0.3) is 5.91 Å². The molecule has 0 saturated heterocycles. The molecule has 2 heterocycles. The lowest BCUT2D eigenvalue weighted by molar-refractivity contribution is 0.102. The molecular weight excluding hydrogens is 390 g/mol. The number of benzene rings is 2. The van der Waals surface area contributed by atoms with Crippen LogP contribution in [0.1, 0.15) is 10.5 Å². The molecule has 2 aromatic carbocycles. The number of amides is 1. The zero-order valence-corrected chi connectivity index (χ0v) is 16.9. The van der Waals surface area contributed by atoms with Crippen molar-refractivity contribution in [1.29, 1.82) is 0 Å². The number of carbonyl (C=O) groups excluding carboxylic acids is 1. The van der Waals surface area contributed by atoms with Crippen LogP contribution in [0.5, 0.6) is 17.2 Å². The van der Waals surface area contributed by atoms with Crippen molar-refractivity contribution in [3.63, 3.8) is 0 Å². The third kappa shape index (κ3) is 3.74. The van der Waals surface area contributed by atoms with Gasteiger partial charge < -0.3 is 19.5 Å². The van der Waals surface area contributed by atoms with Crippen LogP contribution in [0.25, 0.3) is 16.2 Å². The van der Waals surface area contributed by atoms with Gasteiger partial charge in [0.05, 0.1) is 27.0 Å². The molecular formula is C21H19N3O4S. The number of carbonyl (C=O) groups is 1. The molecule has 8 heteroatoms. The van der Waals surface area contributed by atoms with E-state index >= 15 is 0 Å². The third-order valence-corrected chi connectivity index (χ3v) is 5.28. The Morgan fingerprint density at radius 3 is 2.24 bits per heavy atom. The predicted octanol–water partition coefficient (Wildman–Crippen LogP) is 4.34. The van der Waals surface area contributed by atoms with Crippen molar-refractivity contribution in [2.75, 3.05) is 26.6 Å². The number of imidazole rings is 1. The van der Waals surface area contributed by atoms with Gasteiger partial charge in [-0.3, -0.25) is 9.20 Å². The van der Waals surface area contributed by atoms with Crippen LogP contribution < -0.4 is 19.5 Å². The second kappa shape index (κ2) is 7.84. The van der Waals surface area contributed by atoms with Crippen LogP contribution in [-0.4, -0.2) is 36.6 Å². The number of nitrogens with zero attached hydrogens (tertiary/aromatic N) is 2. The van der Waals surface area contributed by atoms with E-state index in [-0.39, 0.29) is 5.91 Å². The molecule has 7 nitrogen and oxygen atoms in total. The molecule has 0 unspecified atom stereocenters. The van der Waals surface area contributed by atoms with E-state index in [0.717, 1.165) is 22.0 Å². The van der Waals surface area contributed by atoms with Crippen molar-refractivity contribution in [3.8, 4) is 28.5 Å². The van der Waals surface area contributed by atoms with Gasteiger partial charge in [-0.25, -0.2) is 4.98 Å². The summed E-state index contributed by atoms with van der Waals surface area (Å²) < 4.78 is 17.5. The van der Waals surface area contributed by atoms with Gasteiger partial charge in [-0.1, -0.05) is 0 Å². The smallest absolute Gasteiger partial charge is 0.273 e. The molecule has 0 saturated carbocycles. The Bertz CT molecular complexity index is 1140. The van der Waals surface area contributed by atoms with Crippen LogP contribution in [0, 0.1) is 0 Å². The number of aromatic nitrogens is 2. The lowest BCUT2D eigenvalue weighted by Crippen LogP contribution is -2.14. The summed E-state index contributed by atoms with van der Waals surface area (Å²) in [6.07, 6.45) is 1.86. The second-order valence-corrected chi connectivity index (χ2v) is 7.02. The summed E-state index contributed by atoms with van der Waals surface area (Å²) in [4.78, 5) is 18.2. The molecule has 2 aromatic heterocycles. The van der Waals surface area contributed by atoms with Gasteiger partial charge in [0.2, 0.25) is 0 Å². The van der Waals surface area contributed by atoms with Crippen molar-refractivity contribution in [2.45, 2.75) is 0 Å². The minimum absolute atomic E-state index is 0.245. The minimum Gasteiger partial charge on any atom is -0.497 e. The molecule has 29 heavy (non-hydrogen) atoms. The molecule has 0 spiro atoms. The zero-order chi connectivity index (χ0) is 20.4. The van der Waals surface area contributed by atoms with Gasteiger partial charge in [-0.05, 0) is 24.3 Å². The average molecular weight is 409 g/mol. The largest absolute Gasteiger partial charge is 0.497 e. The maximum Gasteiger partial charge on any atom is 0.273 e. The number of thiazole rings is 1. The van der Waals surface area contributed by atoms with Crippen molar-refractivity contribution in [3.05, 3.63) is 59.7 Å². The molecule has 0 radical (unpaired) electrons. The molecule has 0 aliphatic rings. The number of rotatable bonds is 6. The van der Waals surface area contributed by atoms with Crippen LogP contribution in [0.2, 0.25) is 0 Å². The van der Waals surface area contributed by atoms with E-state index < -0.39 is 0 Å². The quantitative estimate of drug-likeness (QED) is 0.513. The molecule has 1 N–H and O–H groups in total.